The lowest BCUT2D eigenvalue weighted by Gasteiger charge is -2.19. The van der Waals surface area contributed by atoms with Crippen molar-refractivity contribution in [2.45, 2.75) is 38.9 Å². The molecule has 0 aliphatic carbocycles. The molecule has 0 saturated carbocycles. The van der Waals surface area contributed by atoms with Crippen molar-refractivity contribution in [1.82, 2.24) is 9.80 Å². The first-order valence-corrected chi connectivity index (χ1v) is 7.87. The van der Waals surface area contributed by atoms with E-state index in [1.165, 1.54) is 0 Å². The van der Waals surface area contributed by atoms with E-state index in [1.807, 2.05) is 0 Å². The minimum Gasteiger partial charge on any atom is -0.377 e. The second-order valence-electron chi connectivity index (χ2n) is 5.89. The maximum Gasteiger partial charge on any atom is 0.0674 e. The highest BCUT2D eigenvalue weighted by atomic mass is 16.5. The zero-order valence-electron chi connectivity index (χ0n) is 12.9. The molecule has 2 atom stereocenters. The van der Waals surface area contributed by atoms with E-state index >= 15 is 0 Å². The summed E-state index contributed by atoms with van der Waals surface area (Å²) >= 11 is 0. The van der Waals surface area contributed by atoms with Gasteiger partial charge >= 0.3 is 0 Å². The smallest absolute Gasteiger partial charge is 0.0674 e. The van der Waals surface area contributed by atoms with Crippen LogP contribution in [0.2, 0.25) is 0 Å². The molecule has 0 radical (unpaired) electrons. The Labute approximate surface area is 123 Å². The van der Waals surface area contributed by atoms with Gasteiger partial charge in [0.15, 0.2) is 0 Å². The van der Waals surface area contributed by atoms with Crippen LogP contribution in [-0.4, -0.2) is 74.5 Å². The highest BCUT2D eigenvalue weighted by molar-refractivity contribution is 5.03. The van der Waals surface area contributed by atoms with Crippen LogP contribution in [0.5, 0.6) is 0 Å². The molecular weight excluding hydrogens is 252 g/mol. The van der Waals surface area contributed by atoms with Crippen LogP contribution in [0, 0.1) is 11.8 Å². The van der Waals surface area contributed by atoms with Gasteiger partial charge in [0.2, 0.25) is 0 Å². The molecule has 2 heterocycles. The summed E-state index contributed by atoms with van der Waals surface area (Å²) in [4.78, 5) is 4.80. The maximum atomic E-state index is 5.65. The van der Waals surface area contributed by atoms with Crippen molar-refractivity contribution < 1.29 is 9.47 Å². The molecule has 2 aliphatic rings. The summed E-state index contributed by atoms with van der Waals surface area (Å²) < 4.78 is 11.3. The highest BCUT2D eigenvalue weighted by Gasteiger charge is 2.14. The number of nitrogens with zero attached hydrogens (tertiary/aromatic N) is 2. The van der Waals surface area contributed by atoms with E-state index in [9.17, 15) is 0 Å². The highest BCUT2D eigenvalue weighted by Crippen LogP contribution is 2.05. The Morgan fingerprint density at radius 1 is 0.850 bits per heavy atom. The molecule has 2 aliphatic heterocycles. The van der Waals surface area contributed by atoms with Gasteiger partial charge in [0.1, 0.15) is 0 Å². The molecule has 0 amide bonds. The predicted octanol–water partition coefficient (Wildman–Crippen LogP) is 1.21. The van der Waals surface area contributed by atoms with Crippen molar-refractivity contribution in [3.8, 4) is 11.8 Å². The zero-order chi connectivity index (χ0) is 14.2. The van der Waals surface area contributed by atoms with Crippen molar-refractivity contribution in [2.24, 2.45) is 0 Å². The van der Waals surface area contributed by atoms with E-state index in [2.05, 4.69) is 35.5 Å². The summed E-state index contributed by atoms with van der Waals surface area (Å²) in [6.45, 7) is 12.0. The van der Waals surface area contributed by atoms with E-state index in [0.717, 1.165) is 65.3 Å². The Hall–Kier alpha value is -0.600. The summed E-state index contributed by atoms with van der Waals surface area (Å²) in [7, 11) is 0. The van der Waals surface area contributed by atoms with E-state index < -0.39 is 0 Å². The Bertz CT molecular complexity index is 307. The fraction of sp³-hybridized carbons (Fsp3) is 0.875. The molecule has 114 valence electrons. The molecule has 0 N–H and O–H groups in total. The fourth-order valence-corrected chi connectivity index (χ4v) is 2.78. The first-order chi connectivity index (χ1) is 9.74. The summed E-state index contributed by atoms with van der Waals surface area (Å²) in [6.07, 6.45) is 2.91. The molecule has 2 fully saturated rings. The van der Waals surface area contributed by atoms with Gasteiger partial charge in [0, 0.05) is 39.4 Å². The molecule has 0 aromatic rings. The van der Waals surface area contributed by atoms with Gasteiger partial charge in [-0.2, -0.15) is 0 Å². The van der Waals surface area contributed by atoms with Gasteiger partial charge in [-0.15, -0.1) is 0 Å². The minimum atomic E-state index is 0.336. The lowest BCUT2D eigenvalue weighted by Crippen LogP contribution is -2.31. The molecule has 2 saturated heterocycles. The van der Waals surface area contributed by atoms with Crippen molar-refractivity contribution in [1.29, 1.82) is 0 Å². The molecule has 0 bridgehead atoms. The molecule has 20 heavy (non-hydrogen) atoms. The van der Waals surface area contributed by atoms with Crippen LogP contribution in [0.3, 0.4) is 0 Å². The normalized spacial score (nSPS) is 30.1. The van der Waals surface area contributed by atoms with Crippen molar-refractivity contribution in [3.63, 3.8) is 0 Å². The van der Waals surface area contributed by atoms with E-state index in [1.54, 1.807) is 0 Å². The van der Waals surface area contributed by atoms with Crippen molar-refractivity contribution in [2.75, 3.05) is 52.5 Å². The number of hydrogen-bond donors (Lipinski definition) is 0. The van der Waals surface area contributed by atoms with Gasteiger partial charge in [-0.05, 0) is 26.7 Å². The first-order valence-electron chi connectivity index (χ1n) is 7.87. The van der Waals surface area contributed by atoms with E-state index in [0.29, 0.717) is 12.2 Å². The topological polar surface area (TPSA) is 24.9 Å². The van der Waals surface area contributed by atoms with Gasteiger partial charge in [-0.3, -0.25) is 9.80 Å². The standard InChI is InChI=1S/C16H28N2O2/c1-15-13-17(9-5-11-19-15)7-3-4-8-18-10-6-12-20-16(2)14-18/h15-16H,5-14H2,1-2H3. The molecule has 0 aromatic carbocycles. The summed E-state index contributed by atoms with van der Waals surface area (Å²) in [5, 5.41) is 0. The summed E-state index contributed by atoms with van der Waals surface area (Å²) in [6, 6.07) is 0. The number of rotatable bonds is 2. The van der Waals surface area contributed by atoms with Crippen LogP contribution in [-0.2, 0) is 9.47 Å². The van der Waals surface area contributed by atoms with Gasteiger partial charge in [0.05, 0.1) is 25.3 Å². The monoisotopic (exact) mass is 280 g/mol. The Balaban J connectivity index is 1.70. The van der Waals surface area contributed by atoms with Gasteiger partial charge in [-0.1, -0.05) is 11.8 Å². The third kappa shape index (κ3) is 5.80. The Morgan fingerprint density at radius 3 is 1.75 bits per heavy atom. The zero-order valence-corrected chi connectivity index (χ0v) is 12.9. The second kappa shape index (κ2) is 8.63. The average molecular weight is 280 g/mol. The lowest BCUT2D eigenvalue weighted by molar-refractivity contribution is 0.0690. The van der Waals surface area contributed by atoms with Crippen LogP contribution >= 0.6 is 0 Å². The number of ether oxygens (including phenoxy) is 2. The Kier molecular flexibility index (Phi) is 6.81. The average Bonchev–Trinajstić information content (AvgIpc) is 2.75. The molecule has 0 spiro atoms. The van der Waals surface area contributed by atoms with Crippen LogP contribution in [0.1, 0.15) is 26.7 Å². The molecule has 0 aromatic heterocycles. The van der Waals surface area contributed by atoms with Gasteiger partial charge < -0.3 is 9.47 Å². The van der Waals surface area contributed by atoms with Crippen molar-refractivity contribution in [3.05, 3.63) is 0 Å². The third-order valence-corrected chi connectivity index (χ3v) is 3.80. The molecular formula is C16H28N2O2. The molecule has 4 heteroatoms. The van der Waals surface area contributed by atoms with Crippen LogP contribution in [0.25, 0.3) is 0 Å². The largest absolute Gasteiger partial charge is 0.377 e. The SMILES string of the molecule is CC1CN(CC#CCN2CCCOC(C)C2)CCCO1. The van der Waals surface area contributed by atoms with Crippen molar-refractivity contribution >= 4 is 0 Å². The lowest BCUT2D eigenvalue weighted by atomic mass is 10.3. The maximum absolute atomic E-state index is 5.65. The van der Waals surface area contributed by atoms with E-state index in [-0.39, 0.29) is 0 Å². The van der Waals surface area contributed by atoms with Crippen LogP contribution in [0.4, 0.5) is 0 Å². The molecule has 4 nitrogen and oxygen atoms in total. The summed E-state index contributed by atoms with van der Waals surface area (Å²) in [5.74, 6) is 6.65. The first kappa shape index (κ1) is 15.8. The minimum absolute atomic E-state index is 0.336. The van der Waals surface area contributed by atoms with Gasteiger partial charge in [0.25, 0.3) is 0 Å². The molecule has 2 unspecified atom stereocenters. The second-order valence-corrected chi connectivity index (χ2v) is 5.89. The third-order valence-electron chi connectivity index (χ3n) is 3.80. The quantitative estimate of drug-likeness (QED) is 0.710. The van der Waals surface area contributed by atoms with Gasteiger partial charge in [-0.25, -0.2) is 0 Å². The van der Waals surface area contributed by atoms with E-state index in [4.69, 9.17) is 9.47 Å². The summed E-state index contributed by atoms with van der Waals surface area (Å²) in [5.41, 5.74) is 0. The molecule has 2 rings (SSSR count). The van der Waals surface area contributed by atoms with Crippen LogP contribution in [0.15, 0.2) is 0 Å². The Morgan fingerprint density at radius 2 is 1.30 bits per heavy atom. The van der Waals surface area contributed by atoms with Crippen LogP contribution < -0.4 is 0 Å². The fourth-order valence-electron chi connectivity index (χ4n) is 2.78. The number of hydrogen-bond acceptors (Lipinski definition) is 4. The predicted molar refractivity (Wildman–Crippen MR) is 80.7 cm³/mol.